The molecule has 0 bridgehead atoms. The Hall–Kier alpha value is -1.07. The van der Waals surface area contributed by atoms with E-state index in [-0.39, 0.29) is 0 Å². The molecule has 1 saturated carbocycles. The van der Waals surface area contributed by atoms with Gasteiger partial charge in [-0.1, -0.05) is 0 Å². The normalized spacial score (nSPS) is 23.4. The zero-order valence-electron chi connectivity index (χ0n) is 12.4. The molecule has 3 rings (SSSR count). The molecule has 2 fully saturated rings. The first kappa shape index (κ1) is 13.9. The Kier molecular flexibility index (Phi) is 4.58. The van der Waals surface area contributed by atoms with Gasteiger partial charge in [0.25, 0.3) is 0 Å². The highest BCUT2D eigenvalue weighted by molar-refractivity contribution is 5.27. The molecule has 20 heavy (non-hydrogen) atoms. The molecule has 2 heterocycles. The summed E-state index contributed by atoms with van der Waals surface area (Å²) in [7, 11) is 0. The van der Waals surface area contributed by atoms with Crippen molar-refractivity contribution in [2.75, 3.05) is 38.2 Å². The van der Waals surface area contributed by atoms with Gasteiger partial charge in [0.1, 0.15) is 0 Å². The summed E-state index contributed by atoms with van der Waals surface area (Å²) in [5.41, 5.74) is 0. The van der Waals surface area contributed by atoms with Gasteiger partial charge in [-0.05, 0) is 32.6 Å². The second-order valence-corrected chi connectivity index (χ2v) is 5.80. The van der Waals surface area contributed by atoms with Crippen molar-refractivity contribution in [1.29, 1.82) is 0 Å². The molecule has 0 radical (unpaired) electrons. The highest BCUT2D eigenvalue weighted by Gasteiger charge is 2.35. The molecule has 0 spiro atoms. The largest absolute Gasteiger partial charge is 0.382 e. The molecule has 1 aliphatic carbocycles. The first-order chi connectivity index (χ1) is 9.88. The summed E-state index contributed by atoms with van der Waals surface area (Å²) in [4.78, 5) is 7.10. The number of anilines is 1. The summed E-state index contributed by atoms with van der Waals surface area (Å²) < 4.78 is 7.68. The minimum absolute atomic E-state index is 0.590. The third-order valence-corrected chi connectivity index (χ3v) is 4.27. The fraction of sp³-hybridized carbons (Fsp3) is 0.800. The molecule has 1 N–H and O–H groups in total. The Morgan fingerprint density at radius 3 is 3.05 bits per heavy atom. The van der Waals surface area contributed by atoms with Gasteiger partial charge in [0, 0.05) is 51.3 Å². The molecule has 1 aliphatic heterocycles. The average molecular weight is 278 g/mol. The van der Waals surface area contributed by atoms with E-state index in [1.165, 1.54) is 32.4 Å². The number of likely N-dealkylation sites (tertiary alicyclic amines) is 1. The molecule has 1 atom stereocenters. The van der Waals surface area contributed by atoms with Crippen LogP contribution in [0, 0.1) is 0 Å². The Balaban J connectivity index is 1.48. The smallest absolute Gasteiger partial charge is 0.203 e. The van der Waals surface area contributed by atoms with E-state index in [0.717, 1.165) is 38.2 Å². The summed E-state index contributed by atoms with van der Waals surface area (Å²) in [5.74, 6) is 1.02. The van der Waals surface area contributed by atoms with Crippen molar-refractivity contribution in [1.82, 2.24) is 14.5 Å². The lowest BCUT2D eigenvalue weighted by Gasteiger charge is -2.18. The molecule has 5 nitrogen and oxygen atoms in total. The lowest BCUT2D eigenvalue weighted by Crippen LogP contribution is -2.24. The first-order valence-electron chi connectivity index (χ1n) is 7.97. The third-order valence-electron chi connectivity index (χ3n) is 4.27. The van der Waals surface area contributed by atoms with E-state index in [9.17, 15) is 0 Å². The van der Waals surface area contributed by atoms with E-state index < -0.39 is 0 Å². The quantitative estimate of drug-likeness (QED) is 0.740. The molecular weight excluding hydrogens is 252 g/mol. The standard InChI is InChI=1S/C15H26N4O/c1-2-20-11-3-7-16-15-17-8-10-19(15)14-6-9-18(12-14)13-4-5-13/h8,10,13-14H,2-7,9,11-12H2,1H3,(H,16,17). The number of imidazole rings is 1. The number of nitrogens with one attached hydrogen (secondary N) is 1. The van der Waals surface area contributed by atoms with Gasteiger partial charge < -0.3 is 14.6 Å². The second-order valence-electron chi connectivity index (χ2n) is 5.80. The van der Waals surface area contributed by atoms with Crippen molar-refractivity contribution in [2.24, 2.45) is 0 Å². The maximum Gasteiger partial charge on any atom is 0.203 e. The summed E-state index contributed by atoms with van der Waals surface area (Å²) in [5, 5.41) is 3.44. The third kappa shape index (κ3) is 3.33. The van der Waals surface area contributed by atoms with Gasteiger partial charge in [0.2, 0.25) is 5.95 Å². The number of hydrogen-bond donors (Lipinski definition) is 1. The average Bonchev–Trinajstić information content (AvgIpc) is 3.02. The zero-order chi connectivity index (χ0) is 13.8. The van der Waals surface area contributed by atoms with E-state index in [0.29, 0.717) is 6.04 Å². The zero-order valence-corrected chi connectivity index (χ0v) is 12.4. The molecule has 0 amide bonds. The number of hydrogen-bond acceptors (Lipinski definition) is 4. The van der Waals surface area contributed by atoms with Crippen LogP contribution in [0.5, 0.6) is 0 Å². The van der Waals surface area contributed by atoms with Gasteiger partial charge in [-0.15, -0.1) is 0 Å². The Morgan fingerprint density at radius 2 is 2.25 bits per heavy atom. The predicted octanol–water partition coefficient (Wildman–Crippen LogP) is 2.13. The van der Waals surface area contributed by atoms with E-state index >= 15 is 0 Å². The monoisotopic (exact) mass is 278 g/mol. The van der Waals surface area contributed by atoms with Crippen LogP contribution in [0.1, 0.15) is 38.6 Å². The molecule has 1 aromatic heterocycles. The SMILES string of the molecule is CCOCCCNc1nccn1C1CCN(C2CC2)C1. The Morgan fingerprint density at radius 1 is 1.35 bits per heavy atom. The van der Waals surface area contributed by atoms with Crippen molar-refractivity contribution in [2.45, 2.75) is 44.7 Å². The van der Waals surface area contributed by atoms with Crippen LogP contribution >= 0.6 is 0 Å². The van der Waals surface area contributed by atoms with Gasteiger partial charge in [-0.25, -0.2) is 4.98 Å². The van der Waals surface area contributed by atoms with Crippen molar-refractivity contribution in [3.05, 3.63) is 12.4 Å². The van der Waals surface area contributed by atoms with Crippen LogP contribution in [-0.2, 0) is 4.74 Å². The number of aromatic nitrogens is 2. The fourth-order valence-corrected chi connectivity index (χ4v) is 3.03. The first-order valence-corrected chi connectivity index (χ1v) is 7.97. The molecule has 1 saturated heterocycles. The summed E-state index contributed by atoms with van der Waals surface area (Å²) in [6, 6.07) is 1.47. The van der Waals surface area contributed by atoms with Gasteiger partial charge >= 0.3 is 0 Å². The van der Waals surface area contributed by atoms with Crippen molar-refractivity contribution < 1.29 is 4.74 Å². The van der Waals surface area contributed by atoms with E-state index in [2.05, 4.69) is 26.0 Å². The van der Waals surface area contributed by atoms with E-state index in [4.69, 9.17) is 4.74 Å². The van der Waals surface area contributed by atoms with Crippen LogP contribution in [-0.4, -0.2) is 53.3 Å². The summed E-state index contributed by atoms with van der Waals surface area (Å²) in [6.45, 7) is 7.02. The second kappa shape index (κ2) is 6.59. The maximum absolute atomic E-state index is 5.36. The summed E-state index contributed by atoms with van der Waals surface area (Å²) in [6.07, 6.45) is 9.11. The molecule has 1 aromatic rings. The molecule has 5 heteroatoms. The molecule has 0 aromatic carbocycles. The van der Waals surface area contributed by atoms with Crippen LogP contribution in [0.4, 0.5) is 5.95 Å². The predicted molar refractivity (Wildman–Crippen MR) is 80.1 cm³/mol. The Bertz CT molecular complexity index is 416. The Labute approximate surface area is 121 Å². The number of ether oxygens (including phenoxy) is 1. The minimum atomic E-state index is 0.590. The van der Waals surface area contributed by atoms with Gasteiger partial charge in [0.05, 0.1) is 6.04 Å². The van der Waals surface area contributed by atoms with Crippen LogP contribution in [0.25, 0.3) is 0 Å². The number of rotatable bonds is 8. The number of nitrogens with zero attached hydrogens (tertiary/aromatic N) is 3. The fourth-order valence-electron chi connectivity index (χ4n) is 3.03. The topological polar surface area (TPSA) is 42.3 Å². The van der Waals surface area contributed by atoms with Gasteiger partial charge in [0.15, 0.2) is 0 Å². The van der Waals surface area contributed by atoms with Crippen molar-refractivity contribution >= 4 is 5.95 Å². The molecule has 2 aliphatic rings. The lowest BCUT2D eigenvalue weighted by atomic mass is 10.2. The van der Waals surface area contributed by atoms with Crippen molar-refractivity contribution in [3.8, 4) is 0 Å². The van der Waals surface area contributed by atoms with E-state index in [1.807, 2.05) is 13.1 Å². The molecule has 1 unspecified atom stereocenters. The van der Waals surface area contributed by atoms with E-state index in [1.54, 1.807) is 0 Å². The molecular formula is C15H26N4O. The van der Waals surface area contributed by atoms with Gasteiger partial charge in [-0.2, -0.15) is 0 Å². The summed E-state index contributed by atoms with van der Waals surface area (Å²) >= 11 is 0. The van der Waals surface area contributed by atoms with Crippen LogP contribution in [0.2, 0.25) is 0 Å². The lowest BCUT2D eigenvalue weighted by molar-refractivity contribution is 0.147. The molecule has 112 valence electrons. The van der Waals surface area contributed by atoms with Crippen LogP contribution in [0.15, 0.2) is 12.4 Å². The van der Waals surface area contributed by atoms with Crippen molar-refractivity contribution in [3.63, 3.8) is 0 Å². The minimum Gasteiger partial charge on any atom is -0.382 e. The maximum atomic E-state index is 5.36. The van der Waals surface area contributed by atoms with Gasteiger partial charge in [-0.3, -0.25) is 4.90 Å². The van der Waals surface area contributed by atoms with Crippen LogP contribution < -0.4 is 5.32 Å². The highest BCUT2D eigenvalue weighted by atomic mass is 16.5. The highest BCUT2D eigenvalue weighted by Crippen LogP contribution is 2.34. The van der Waals surface area contributed by atoms with Crippen LogP contribution in [0.3, 0.4) is 0 Å².